The summed E-state index contributed by atoms with van der Waals surface area (Å²) in [7, 11) is 0. The largest absolute Gasteiger partial charge is 0.360 e. The van der Waals surface area contributed by atoms with Crippen LogP contribution < -0.4 is 4.91 Å². The lowest BCUT2D eigenvalue weighted by molar-refractivity contribution is 0.0992. The zero-order chi connectivity index (χ0) is 21.8. The van der Waals surface area contributed by atoms with Crippen LogP contribution in [0.25, 0.3) is 22.3 Å². The summed E-state index contributed by atoms with van der Waals surface area (Å²) >= 11 is 0. The molecule has 0 radical (unpaired) electrons. The van der Waals surface area contributed by atoms with Crippen LogP contribution in [0.3, 0.4) is 0 Å². The molecular formula is C24H23N6O+. The number of fused-ring (bicyclic) bond motifs is 1. The van der Waals surface area contributed by atoms with Gasteiger partial charge in [-0.15, -0.1) is 0 Å². The average molecular weight is 411 g/mol. The van der Waals surface area contributed by atoms with E-state index in [0.29, 0.717) is 12.1 Å². The molecule has 1 N–H and O–H groups in total. The van der Waals surface area contributed by atoms with Crippen molar-refractivity contribution in [1.29, 1.82) is 0 Å². The van der Waals surface area contributed by atoms with Gasteiger partial charge in [-0.1, -0.05) is 57.2 Å². The molecule has 0 saturated heterocycles. The van der Waals surface area contributed by atoms with E-state index in [1.165, 1.54) is 0 Å². The molecule has 0 aliphatic heterocycles. The molecule has 4 rings (SSSR count). The van der Waals surface area contributed by atoms with Crippen LogP contribution >= 0.6 is 0 Å². The summed E-state index contributed by atoms with van der Waals surface area (Å²) in [5.41, 5.74) is 5.33. The number of aromatic nitrogens is 3. The summed E-state index contributed by atoms with van der Waals surface area (Å²) < 4.78 is 0. The predicted octanol–water partition coefficient (Wildman–Crippen LogP) is 5.23. The summed E-state index contributed by atoms with van der Waals surface area (Å²) in [4.78, 5) is 27.6. The van der Waals surface area contributed by atoms with Crippen molar-refractivity contribution in [2.75, 3.05) is 0 Å². The van der Waals surface area contributed by atoms with Crippen molar-refractivity contribution in [3.05, 3.63) is 83.8 Å². The summed E-state index contributed by atoms with van der Waals surface area (Å²) in [6.45, 7) is 6.72. The van der Waals surface area contributed by atoms with Gasteiger partial charge in [-0.2, -0.15) is 0 Å². The van der Waals surface area contributed by atoms with Gasteiger partial charge in [-0.05, 0) is 34.7 Å². The van der Waals surface area contributed by atoms with Crippen LogP contribution in [0.2, 0.25) is 0 Å². The van der Waals surface area contributed by atoms with Crippen molar-refractivity contribution in [2.24, 2.45) is 10.2 Å². The SMILES string of the molecule is CC(C)(C)c1ccc(C(=O)N=[N+]=NCc2ccc(-c3ncnc4[nH]ccc34)cc2)cc1. The fraction of sp³-hybridized carbons (Fsp3) is 0.208. The van der Waals surface area contributed by atoms with Gasteiger partial charge in [0.25, 0.3) is 0 Å². The maximum absolute atomic E-state index is 12.2. The van der Waals surface area contributed by atoms with Crippen LogP contribution in [0, 0.1) is 0 Å². The topological polar surface area (TPSA) is 97.5 Å². The molecule has 7 heteroatoms. The first-order chi connectivity index (χ1) is 14.9. The number of nitrogens with zero attached hydrogens (tertiary/aromatic N) is 5. The number of hydrogen-bond acceptors (Lipinski definition) is 4. The van der Waals surface area contributed by atoms with Gasteiger partial charge in [0.05, 0.1) is 5.69 Å². The first-order valence-electron chi connectivity index (χ1n) is 10.0. The molecule has 0 saturated carbocycles. The Bertz CT molecular complexity index is 1270. The minimum atomic E-state index is -0.404. The number of amides is 1. The van der Waals surface area contributed by atoms with Crippen LogP contribution in [0.1, 0.15) is 42.3 Å². The highest BCUT2D eigenvalue weighted by atomic mass is 16.1. The molecule has 0 bridgehead atoms. The van der Waals surface area contributed by atoms with E-state index < -0.39 is 5.91 Å². The Labute approximate surface area is 180 Å². The molecule has 2 aromatic heterocycles. The molecule has 2 heterocycles. The van der Waals surface area contributed by atoms with Gasteiger partial charge >= 0.3 is 5.91 Å². The maximum atomic E-state index is 12.2. The van der Waals surface area contributed by atoms with E-state index in [4.69, 9.17) is 0 Å². The second kappa shape index (κ2) is 8.42. The lowest BCUT2D eigenvalue weighted by Crippen LogP contribution is -2.11. The van der Waals surface area contributed by atoms with Crippen LogP contribution in [-0.4, -0.2) is 20.9 Å². The predicted molar refractivity (Wildman–Crippen MR) is 119 cm³/mol. The quantitative estimate of drug-likeness (QED) is 0.367. The minimum absolute atomic E-state index is 0.0368. The molecule has 0 aliphatic carbocycles. The van der Waals surface area contributed by atoms with Crippen molar-refractivity contribution < 1.29 is 4.79 Å². The second-order valence-electron chi connectivity index (χ2n) is 8.28. The molecule has 0 unspecified atom stereocenters. The Balaban J connectivity index is 1.41. The average Bonchev–Trinajstić information content (AvgIpc) is 3.25. The third kappa shape index (κ3) is 4.63. The number of carbonyl (C=O) groups is 1. The first kappa shape index (κ1) is 20.3. The monoisotopic (exact) mass is 411 g/mol. The number of benzene rings is 2. The summed E-state index contributed by atoms with van der Waals surface area (Å²) in [6, 6.07) is 17.3. The van der Waals surface area contributed by atoms with Crippen molar-refractivity contribution in [3.8, 4) is 11.3 Å². The number of rotatable bonds is 4. The van der Waals surface area contributed by atoms with Crippen LogP contribution in [0.5, 0.6) is 0 Å². The molecule has 0 atom stereocenters. The summed E-state index contributed by atoms with van der Waals surface area (Å²) in [6.07, 6.45) is 3.40. The number of hydrogen-bond donors (Lipinski definition) is 1. The van der Waals surface area contributed by atoms with Crippen LogP contribution in [-0.2, 0) is 12.0 Å². The molecule has 154 valence electrons. The van der Waals surface area contributed by atoms with E-state index in [1.807, 2.05) is 48.7 Å². The highest BCUT2D eigenvalue weighted by Gasteiger charge is 2.15. The van der Waals surface area contributed by atoms with Crippen LogP contribution in [0.4, 0.5) is 0 Å². The maximum Gasteiger partial charge on any atom is 0.360 e. The Hall–Kier alpha value is -3.96. The third-order valence-corrected chi connectivity index (χ3v) is 5.03. The molecule has 2 aromatic carbocycles. The van der Waals surface area contributed by atoms with Crippen molar-refractivity contribution in [3.63, 3.8) is 0 Å². The molecule has 0 fully saturated rings. The summed E-state index contributed by atoms with van der Waals surface area (Å²) in [5.74, 6) is -0.404. The van der Waals surface area contributed by atoms with Gasteiger partial charge in [0, 0.05) is 22.7 Å². The molecule has 0 aliphatic rings. The van der Waals surface area contributed by atoms with E-state index in [0.717, 1.165) is 33.4 Å². The fourth-order valence-corrected chi connectivity index (χ4v) is 3.23. The van der Waals surface area contributed by atoms with E-state index in [1.54, 1.807) is 18.5 Å². The van der Waals surface area contributed by atoms with Crippen LogP contribution in [0.15, 0.2) is 77.3 Å². The van der Waals surface area contributed by atoms with Crippen molar-refractivity contribution >= 4 is 16.9 Å². The number of nitrogens with one attached hydrogen (secondary N) is 1. The third-order valence-electron chi connectivity index (χ3n) is 5.03. The number of aromatic amines is 1. The Morgan fingerprint density at radius 2 is 1.74 bits per heavy atom. The molecule has 31 heavy (non-hydrogen) atoms. The van der Waals surface area contributed by atoms with Crippen molar-refractivity contribution in [2.45, 2.75) is 32.7 Å². The minimum Gasteiger partial charge on any atom is -0.346 e. The molecule has 1 amide bonds. The normalized spacial score (nSPS) is 11.2. The van der Waals surface area contributed by atoms with Gasteiger partial charge < -0.3 is 4.98 Å². The highest BCUT2D eigenvalue weighted by Crippen LogP contribution is 2.25. The van der Waals surface area contributed by atoms with Gasteiger partial charge in [-0.3, -0.25) is 4.79 Å². The fourth-order valence-electron chi connectivity index (χ4n) is 3.23. The van der Waals surface area contributed by atoms with Gasteiger partial charge in [-0.25, -0.2) is 9.97 Å². The van der Waals surface area contributed by atoms with E-state index in [9.17, 15) is 4.79 Å². The van der Waals surface area contributed by atoms with Gasteiger partial charge in [0.15, 0.2) is 0 Å². The van der Waals surface area contributed by atoms with E-state index in [-0.39, 0.29) is 5.41 Å². The highest BCUT2D eigenvalue weighted by molar-refractivity contribution is 5.94. The Morgan fingerprint density at radius 1 is 1.00 bits per heavy atom. The Kier molecular flexibility index (Phi) is 5.52. The van der Waals surface area contributed by atoms with Crippen molar-refractivity contribution in [1.82, 2.24) is 19.9 Å². The zero-order valence-electron chi connectivity index (χ0n) is 17.7. The lowest BCUT2D eigenvalue weighted by Gasteiger charge is -2.18. The Morgan fingerprint density at radius 3 is 2.45 bits per heavy atom. The van der Waals surface area contributed by atoms with Gasteiger partial charge in [0.2, 0.25) is 10.0 Å². The first-order valence-corrected chi connectivity index (χ1v) is 10.0. The molecule has 0 spiro atoms. The molecule has 4 aromatic rings. The number of H-pyrrole nitrogens is 1. The summed E-state index contributed by atoms with van der Waals surface area (Å²) in [5, 5.41) is 8.68. The van der Waals surface area contributed by atoms with E-state index >= 15 is 0 Å². The molecular weight excluding hydrogens is 388 g/mol. The molecule has 7 nitrogen and oxygen atoms in total. The number of carbonyl (C=O) groups excluding carboxylic acids is 1. The lowest BCUT2D eigenvalue weighted by atomic mass is 9.87. The van der Waals surface area contributed by atoms with E-state index in [2.05, 4.69) is 50.9 Å². The second-order valence-corrected chi connectivity index (χ2v) is 8.28. The van der Waals surface area contributed by atoms with Gasteiger partial charge in [0.1, 0.15) is 23.6 Å². The smallest absolute Gasteiger partial charge is 0.346 e. The zero-order valence-corrected chi connectivity index (χ0v) is 17.7. The standard InChI is InChI=1S/C24H22N6O/c1-24(2,3)19-10-8-18(9-11-19)23(31)29-30-28-14-16-4-6-17(7-5-16)21-20-12-13-25-22(20)27-15-26-21/h4-13,15H,14H2,1-3H3/p+1.